The summed E-state index contributed by atoms with van der Waals surface area (Å²) in [6.45, 7) is 6.44. The molecule has 4 heteroatoms. The molecule has 0 amide bonds. The summed E-state index contributed by atoms with van der Waals surface area (Å²) in [5.74, 6) is -0.341. The van der Waals surface area contributed by atoms with Crippen LogP contribution < -0.4 is 5.32 Å². The SMILES string of the molecule is Cc1cc(F)c(NC2CCOC(C(C)C)C2)cc1F. The van der Waals surface area contributed by atoms with Gasteiger partial charge in [-0.05, 0) is 37.3 Å². The Morgan fingerprint density at radius 2 is 2.00 bits per heavy atom. The lowest BCUT2D eigenvalue weighted by Crippen LogP contribution is -2.36. The van der Waals surface area contributed by atoms with E-state index in [0.717, 1.165) is 12.8 Å². The van der Waals surface area contributed by atoms with Gasteiger partial charge in [0.15, 0.2) is 0 Å². The van der Waals surface area contributed by atoms with Crippen molar-refractivity contribution >= 4 is 5.69 Å². The van der Waals surface area contributed by atoms with Crippen molar-refractivity contribution < 1.29 is 13.5 Å². The molecular formula is C15H21F2NO. The quantitative estimate of drug-likeness (QED) is 0.899. The summed E-state index contributed by atoms with van der Waals surface area (Å²) in [7, 11) is 0. The first-order valence-corrected chi connectivity index (χ1v) is 6.81. The lowest BCUT2D eigenvalue weighted by Gasteiger charge is -2.33. The fourth-order valence-corrected chi connectivity index (χ4v) is 2.40. The average molecular weight is 269 g/mol. The van der Waals surface area contributed by atoms with Crippen LogP contribution in [0.3, 0.4) is 0 Å². The normalized spacial score (nSPS) is 23.7. The van der Waals surface area contributed by atoms with Gasteiger partial charge in [-0.15, -0.1) is 0 Å². The van der Waals surface area contributed by atoms with E-state index in [4.69, 9.17) is 4.74 Å². The summed E-state index contributed by atoms with van der Waals surface area (Å²) in [6, 6.07) is 2.61. The first-order valence-electron chi connectivity index (χ1n) is 6.81. The fourth-order valence-electron chi connectivity index (χ4n) is 2.40. The van der Waals surface area contributed by atoms with E-state index in [2.05, 4.69) is 19.2 Å². The van der Waals surface area contributed by atoms with Crippen LogP contribution in [-0.2, 0) is 4.74 Å². The Kier molecular flexibility index (Phi) is 4.40. The number of aryl methyl sites for hydroxylation is 1. The molecule has 0 spiro atoms. The summed E-state index contributed by atoms with van der Waals surface area (Å²) < 4.78 is 32.9. The molecule has 0 bridgehead atoms. The van der Waals surface area contributed by atoms with Crippen molar-refractivity contribution in [1.82, 2.24) is 0 Å². The number of hydrogen-bond acceptors (Lipinski definition) is 2. The van der Waals surface area contributed by atoms with Crippen molar-refractivity contribution in [2.75, 3.05) is 11.9 Å². The van der Waals surface area contributed by atoms with Gasteiger partial charge in [0.05, 0.1) is 11.8 Å². The lowest BCUT2D eigenvalue weighted by atomic mass is 9.95. The molecule has 0 radical (unpaired) electrons. The Hall–Kier alpha value is -1.16. The van der Waals surface area contributed by atoms with Crippen LogP contribution in [-0.4, -0.2) is 18.8 Å². The zero-order valence-corrected chi connectivity index (χ0v) is 11.7. The van der Waals surface area contributed by atoms with Gasteiger partial charge in [0.1, 0.15) is 11.6 Å². The molecule has 0 aliphatic carbocycles. The highest BCUT2D eigenvalue weighted by molar-refractivity contribution is 5.47. The van der Waals surface area contributed by atoms with Crippen molar-refractivity contribution in [1.29, 1.82) is 0 Å². The van der Waals surface area contributed by atoms with Gasteiger partial charge in [0, 0.05) is 18.7 Å². The highest BCUT2D eigenvalue weighted by atomic mass is 19.1. The number of hydrogen-bond donors (Lipinski definition) is 1. The predicted octanol–water partition coefficient (Wildman–Crippen LogP) is 3.89. The highest BCUT2D eigenvalue weighted by Crippen LogP contribution is 2.25. The molecule has 106 valence electrons. The third-order valence-corrected chi connectivity index (χ3v) is 3.67. The van der Waals surface area contributed by atoms with Crippen LogP contribution in [0.1, 0.15) is 32.3 Å². The molecule has 2 rings (SSSR count). The van der Waals surface area contributed by atoms with Gasteiger partial charge in [-0.2, -0.15) is 0 Å². The van der Waals surface area contributed by atoms with Crippen LogP contribution in [0.5, 0.6) is 0 Å². The third kappa shape index (κ3) is 3.44. The van der Waals surface area contributed by atoms with Gasteiger partial charge in [-0.25, -0.2) is 8.78 Å². The van der Waals surface area contributed by atoms with E-state index in [1.165, 1.54) is 12.1 Å². The molecule has 1 N–H and O–H groups in total. The Labute approximate surface area is 113 Å². The van der Waals surface area contributed by atoms with Crippen LogP contribution in [0.2, 0.25) is 0 Å². The standard InChI is InChI=1S/C15H21F2NO/c1-9(2)15-7-11(4-5-19-15)18-14-8-12(16)10(3)6-13(14)17/h6,8-9,11,15,18H,4-5,7H2,1-3H3. The van der Waals surface area contributed by atoms with Crippen LogP contribution >= 0.6 is 0 Å². The number of benzene rings is 1. The van der Waals surface area contributed by atoms with Gasteiger partial charge >= 0.3 is 0 Å². The van der Waals surface area contributed by atoms with Gasteiger partial charge < -0.3 is 10.1 Å². The van der Waals surface area contributed by atoms with Crippen LogP contribution in [0, 0.1) is 24.5 Å². The zero-order chi connectivity index (χ0) is 14.0. The van der Waals surface area contributed by atoms with Crippen LogP contribution in [0.25, 0.3) is 0 Å². The van der Waals surface area contributed by atoms with E-state index in [-0.39, 0.29) is 23.7 Å². The van der Waals surface area contributed by atoms with Crippen LogP contribution in [0.15, 0.2) is 12.1 Å². The predicted molar refractivity (Wildman–Crippen MR) is 72.3 cm³/mol. The van der Waals surface area contributed by atoms with E-state index in [0.29, 0.717) is 18.1 Å². The minimum absolute atomic E-state index is 0.137. The molecule has 1 fully saturated rings. The molecular weight excluding hydrogens is 248 g/mol. The molecule has 2 unspecified atom stereocenters. The van der Waals surface area contributed by atoms with Gasteiger partial charge in [-0.3, -0.25) is 0 Å². The molecule has 0 saturated carbocycles. The molecule has 2 nitrogen and oxygen atoms in total. The molecule has 1 heterocycles. The molecule has 1 aromatic rings. The Morgan fingerprint density at radius 3 is 2.68 bits per heavy atom. The maximum absolute atomic E-state index is 13.8. The number of anilines is 1. The Bertz CT molecular complexity index is 448. The highest BCUT2D eigenvalue weighted by Gasteiger charge is 2.25. The molecule has 1 aliphatic rings. The second-order valence-corrected chi connectivity index (χ2v) is 5.60. The third-order valence-electron chi connectivity index (χ3n) is 3.67. The monoisotopic (exact) mass is 269 g/mol. The van der Waals surface area contributed by atoms with Gasteiger partial charge in [0.2, 0.25) is 0 Å². The first-order chi connectivity index (χ1) is 8.97. The zero-order valence-electron chi connectivity index (χ0n) is 11.7. The summed E-state index contributed by atoms with van der Waals surface area (Å²) in [5.41, 5.74) is 0.576. The topological polar surface area (TPSA) is 21.3 Å². The molecule has 1 aromatic carbocycles. The minimum atomic E-state index is -0.397. The largest absolute Gasteiger partial charge is 0.380 e. The van der Waals surface area contributed by atoms with Crippen molar-refractivity contribution in [3.8, 4) is 0 Å². The number of nitrogens with one attached hydrogen (secondary N) is 1. The van der Waals surface area contributed by atoms with Gasteiger partial charge in [0.25, 0.3) is 0 Å². The van der Waals surface area contributed by atoms with E-state index >= 15 is 0 Å². The van der Waals surface area contributed by atoms with E-state index in [1.807, 2.05) is 0 Å². The molecule has 1 aliphatic heterocycles. The van der Waals surface area contributed by atoms with Crippen molar-refractivity contribution in [2.24, 2.45) is 5.92 Å². The lowest BCUT2D eigenvalue weighted by molar-refractivity contribution is -0.0161. The summed E-state index contributed by atoms with van der Waals surface area (Å²) in [5, 5.41) is 3.11. The second-order valence-electron chi connectivity index (χ2n) is 5.60. The summed E-state index contributed by atoms with van der Waals surface area (Å²) in [4.78, 5) is 0. The number of rotatable bonds is 3. The van der Waals surface area contributed by atoms with E-state index in [9.17, 15) is 8.78 Å². The van der Waals surface area contributed by atoms with E-state index in [1.54, 1.807) is 6.92 Å². The average Bonchev–Trinajstić information content (AvgIpc) is 2.36. The summed E-state index contributed by atoms with van der Waals surface area (Å²) in [6.07, 6.45) is 1.83. The molecule has 1 saturated heterocycles. The fraction of sp³-hybridized carbons (Fsp3) is 0.600. The van der Waals surface area contributed by atoms with Crippen molar-refractivity contribution in [2.45, 2.75) is 45.8 Å². The van der Waals surface area contributed by atoms with Crippen molar-refractivity contribution in [3.05, 3.63) is 29.3 Å². The molecule has 2 atom stereocenters. The number of halogens is 2. The maximum Gasteiger partial charge on any atom is 0.146 e. The molecule has 0 aromatic heterocycles. The number of ether oxygens (including phenoxy) is 1. The second kappa shape index (κ2) is 5.87. The van der Waals surface area contributed by atoms with Crippen molar-refractivity contribution in [3.63, 3.8) is 0 Å². The Balaban J connectivity index is 2.06. The maximum atomic E-state index is 13.8. The Morgan fingerprint density at radius 1 is 1.26 bits per heavy atom. The van der Waals surface area contributed by atoms with Crippen LogP contribution in [0.4, 0.5) is 14.5 Å². The smallest absolute Gasteiger partial charge is 0.146 e. The van der Waals surface area contributed by atoms with Gasteiger partial charge in [-0.1, -0.05) is 13.8 Å². The molecule has 19 heavy (non-hydrogen) atoms. The minimum Gasteiger partial charge on any atom is -0.380 e. The van der Waals surface area contributed by atoms with E-state index < -0.39 is 5.82 Å². The summed E-state index contributed by atoms with van der Waals surface area (Å²) >= 11 is 0. The first kappa shape index (κ1) is 14.3.